The number of nitrogens with one attached hydrogen (secondary N) is 1. The predicted octanol–water partition coefficient (Wildman–Crippen LogP) is 4.16. The Morgan fingerprint density at radius 1 is 0.792 bits per heavy atom. The molecule has 0 aromatic heterocycles. The second-order valence-electron chi connectivity index (χ2n) is 5.63. The van der Waals surface area contributed by atoms with Crippen molar-refractivity contribution in [1.82, 2.24) is 0 Å². The first-order chi connectivity index (χ1) is 11.6. The lowest BCUT2D eigenvalue weighted by Gasteiger charge is -2.13. The molecule has 4 rings (SSSR count). The van der Waals surface area contributed by atoms with Crippen molar-refractivity contribution in [2.45, 2.75) is 0 Å². The first-order valence-electron chi connectivity index (χ1n) is 7.52. The Hall–Kier alpha value is -3.40. The number of benzene rings is 4. The Morgan fingerprint density at radius 2 is 1.42 bits per heavy atom. The van der Waals surface area contributed by atoms with Crippen molar-refractivity contribution in [1.29, 1.82) is 0 Å². The van der Waals surface area contributed by atoms with Gasteiger partial charge >= 0.3 is 5.97 Å². The molecular weight excluding hydrogens is 302 g/mol. The molecule has 4 heteroatoms. The fraction of sp³-hybridized carbons (Fsp3) is 0. The summed E-state index contributed by atoms with van der Waals surface area (Å²) in [6.07, 6.45) is 1.84. The molecule has 0 aliphatic heterocycles. The van der Waals surface area contributed by atoms with Gasteiger partial charge in [-0.3, -0.25) is 4.79 Å². The van der Waals surface area contributed by atoms with E-state index in [-0.39, 0.29) is 0 Å². The Kier molecular flexibility index (Phi) is 3.17. The SMILES string of the molecule is O=C(O)C=CC(=O)Nc1ccc2ccc3cccc4ccc1c2c34. The largest absolute Gasteiger partial charge is 0.478 e. The standard InChI is InChI=1S/C20H13NO3/c22-17(10-11-18(23)24)21-16-9-7-14-5-4-12-2-1-3-13-6-8-15(16)20(14)19(12)13/h1-11H,(H,21,22)(H,23,24). The zero-order valence-corrected chi connectivity index (χ0v) is 12.6. The van der Waals surface area contributed by atoms with Crippen LogP contribution in [0.4, 0.5) is 5.69 Å². The minimum Gasteiger partial charge on any atom is -0.478 e. The maximum Gasteiger partial charge on any atom is 0.328 e. The third-order valence-corrected chi connectivity index (χ3v) is 4.16. The van der Waals surface area contributed by atoms with Crippen LogP contribution in [0.3, 0.4) is 0 Å². The number of carbonyl (C=O) groups is 2. The van der Waals surface area contributed by atoms with Crippen molar-refractivity contribution in [3.8, 4) is 0 Å². The highest BCUT2D eigenvalue weighted by molar-refractivity contribution is 6.26. The normalized spacial score (nSPS) is 11.7. The van der Waals surface area contributed by atoms with Gasteiger partial charge in [-0.05, 0) is 33.0 Å². The minimum atomic E-state index is -1.15. The molecule has 0 aliphatic carbocycles. The lowest BCUT2D eigenvalue weighted by atomic mass is 9.93. The highest BCUT2D eigenvalue weighted by Gasteiger charge is 2.11. The van der Waals surface area contributed by atoms with Crippen molar-refractivity contribution in [3.63, 3.8) is 0 Å². The Bertz CT molecular complexity index is 1110. The van der Waals surface area contributed by atoms with Gasteiger partial charge in [0, 0.05) is 23.2 Å². The molecular formula is C20H13NO3. The van der Waals surface area contributed by atoms with Crippen molar-refractivity contribution in [3.05, 3.63) is 66.7 Å². The molecule has 0 spiro atoms. The van der Waals surface area contributed by atoms with Gasteiger partial charge in [0.1, 0.15) is 0 Å². The van der Waals surface area contributed by atoms with E-state index in [9.17, 15) is 9.59 Å². The summed E-state index contributed by atoms with van der Waals surface area (Å²) in [7, 11) is 0. The second-order valence-corrected chi connectivity index (χ2v) is 5.63. The molecule has 1 amide bonds. The second kappa shape index (κ2) is 5.35. The quantitative estimate of drug-likeness (QED) is 0.440. The van der Waals surface area contributed by atoms with Gasteiger partial charge in [-0.2, -0.15) is 0 Å². The molecule has 116 valence electrons. The molecule has 0 aliphatic rings. The van der Waals surface area contributed by atoms with Crippen LogP contribution in [0.5, 0.6) is 0 Å². The molecule has 4 aromatic rings. The molecule has 0 atom stereocenters. The summed E-state index contributed by atoms with van der Waals surface area (Å²) in [5, 5.41) is 18.0. The van der Waals surface area contributed by atoms with Crippen molar-refractivity contribution in [2.24, 2.45) is 0 Å². The predicted molar refractivity (Wildman–Crippen MR) is 95.6 cm³/mol. The van der Waals surface area contributed by atoms with Crippen LogP contribution >= 0.6 is 0 Å². The van der Waals surface area contributed by atoms with E-state index in [2.05, 4.69) is 29.6 Å². The Balaban J connectivity index is 1.91. The zero-order chi connectivity index (χ0) is 16.7. The van der Waals surface area contributed by atoms with Crippen LogP contribution in [0.1, 0.15) is 0 Å². The van der Waals surface area contributed by atoms with Gasteiger partial charge in [-0.15, -0.1) is 0 Å². The highest BCUT2D eigenvalue weighted by atomic mass is 16.4. The summed E-state index contributed by atoms with van der Waals surface area (Å²) in [4.78, 5) is 22.4. The number of carbonyl (C=O) groups excluding carboxylic acids is 1. The zero-order valence-electron chi connectivity index (χ0n) is 12.6. The van der Waals surface area contributed by atoms with E-state index in [1.54, 1.807) is 0 Å². The monoisotopic (exact) mass is 315 g/mol. The van der Waals surface area contributed by atoms with E-state index in [0.717, 1.165) is 39.1 Å². The maximum atomic E-state index is 11.9. The summed E-state index contributed by atoms with van der Waals surface area (Å²) >= 11 is 0. The number of aliphatic carboxylic acids is 1. The number of amides is 1. The maximum absolute atomic E-state index is 11.9. The molecule has 0 unspecified atom stereocenters. The van der Waals surface area contributed by atoms with Crippen LogP contribution in [0.25, 0.3) is 32.3 Å². The van der Waals surface area contributed by atoms with Crippen LogP contribution in [-0.4, -0.2) is 17.0 Å². The number of hydrogen-bond donors (Lipinski definition) is 2. The molecule has 4 aromatic carbocycles. The topological polar surface area (TPSA) is 66.4 Å². The van der Waals surface area contributed by atoms with E-state index in [1.165, 1.54) is 5.39 Å². The lowest BCUT2D eigenvalue weighted by molar-refractivity contribution is -0.131. The average molecular weight is 315 g/mol. The molecule has 4 nitrogen and oxygen atoms in total. The summed E-state index contributed by atoms with van der Waals surface area (Å²) < 4.78 is 0. The van der Waals surface area contributed by atoms with Crippen LogP contribution in [0.15, 0.2) is 66.7 Å². The minimum absolute atomic E-state index is 0.465. The Labute approximate surface area is 137 Å². The average Bonchev–Trinajstić information content (AvgIpc) is 2.59. The number of carboxylic acids is 1. The summed E-state index contributed by atoms with van der Waals surface area (Å²) in [5.41, 5.74) is 0.667. The molecule has 0 fully saturated rings. The summed E-state index contributed by atoms with van der Waals surface area (Å²) in [5.74, 6) is -1.62. The summed E-state index contributed by atoms with van der Waals surface area (Å²) in [6, 6.07) is 18.2. The third kappa shape index (κ3) is 2.25. The van der Waals surface area contributed by atoms with Gasteiger partial charge in [0.15, 0.2) is 0 Å². The third-order valence-electron chi connectivity index (χ3n) is 4.16. The molecule has 0 saturated carbocycles. The molecule has 0 saturated heterocycles. The number of anilines is 1. The first-order valence-corrected chi connectivity index (χ1v) is 7.52. The first kappa shape index (κ1) is 14.2. The fourth-order valence-electron chi connectivity index (χ4n) is 3.17. The van der Waals surface area contributed by atoms with Crippen molar-refractivity contribution >= 4 is 49.9 Å². The van der Waals surface area contributed by atoms with E-state index in [4.69, 9.17) is 5.11 Å². The van der Waals surface area contributed by atoms with Crippen LogP contribution < -0.4 is 5.32 Å². The van der Waals surface area contributed by atoms with Gasteiger partial charge in [-0.1, -0.05) is 48.5 Å². The lowest BCUT2D eigenvalue weighted by Crippen LogP contribution is -2.09. The summed E-state index contributed by atoms with van der Waals surface area (Å²) in [6.45, 7) is 0. The van der Waals surface area contributed by atoms with E-state index in [1.807, 2.05) is 30.3 Å². The van der Waals surface area contributed by atoms with Crippen molar-refractivity contribution in [2.75, 3.05) is 5.32 Å². The van der Waals surface area contributed by atoms with Crippen LogP contribution in [-0.2, 0) is 9.59 Å². The highest BCUT2D eigenvalue weighted by Crippen LogP contribution is 2.37. The van der Waals surface area contributed by atoms with Crippen LogP contribution in [0, 0.1) is 0 Å². The smallest absolute Gasteiger partial charge is 0.328 e. The molecule has 0 radical (unpaired) electrons. The fourth-order valence-corrected chi connectivity index (χ4v) is 3.17. The molecule has 0 heterocycles. The van der Waals surface area contributed by atoms with Gasteiger partial charge < -0.3 is 10.4 Å². The van der Waals surface area contributed by atoms with E-state index < -0.39 is 11.9 Å². The van der Waals surface area contributed by atoms with Crippen molar-refractivity contribution < 1.29 is 14.7 Å². The van der Waals surface area contributed by atoms with E-state index >= 15 is 0 Å². The van der Waals surface area contributed by atoms with Gasteiger partial charge in [-0.25, -0.2) is 4.79 Å². The molecule has 2 N–H and O–H groups in total. The van der Waals surface area contributed by atoms with Gasteiger partial charge in [0.05, 0.1) is 0 Å². The number of hydrogen-bond acceptors (Lipinski definition) is 2. The number of rotatable bonds is 3. The van der Waals surface area contributed by atoms with Gasteiger partial charge in [0.25, 0.3) is 0 Å². The number of carboxylic acid groups (broad SMARTS) is 1. The van der Waals surface area contributed by atoms with Gasteiger partial charge in [0.2, 0.25) is 5.91 Å². The molecule has 0 bridgehead atoms. The van der Waals surface area contributed by atoms with Crippen LogP contribution in [0.2, 0.25) is 0 Å². The van der Waals surface area contributed by atoms with E-state index in [0.29, 0.717) is 5.69 Å². The Morgan fingerprint density at radius 3 is 2.12 bits per heavy atom. The molecule has 24 heavy (non-hydrogen) atoms.